The molecule has 9 heteroatoms. The zero-order valence-corrected chi connectivity index (χ0v) is 12.2. The van der Waals surface area contributed by atoms with Crippen molar-refractivity contribution < 1.29 is 23.1 Å². The Labute approximate surface area is 118 Å². The van der Waals surface area contributed by atoms with Crippen molar-refractivity contribution in [2.45, 2.75) is 25.3 Å². The van der Waals surface area contributed by atoms with Crippen LogP contribution in [0, 0.1) is 0 Å². The van der Waals surface area contributed by atoms with Crippen molar-refractivity contribution in [3.05, 3.63) is 0 Å². The lowest BCUT2D eigenvalue weighted by molar-refractivity contribution is -0.137. The average molecular weight is 305 g/mol. The van der Waals surface area contributed by atoms with E-state index in [-0.39, 0.29) is 31.5 Å². The molecule has 20 heavy (non-hydrogen) atoms. The number of hydrogen-bond donors (Lipinski definition) is 1. The van der Waals surface area contributed by atoms with E-state index < -0.39 is 16.2 Å². The van der Waals surface area contributed by atoms with Gasteiger partial charge in [-0.05, 0) is 6.42 Å². The molecule has 0 aromatic carbocycles. The first-order valence-electron chi connectivity index (χ1n) is 6.55. The Morgan fingerprint density at radius 1 is 1.45 bits per heavy atom. The van der Waals surface area contributed by atoms with Gasteiger partial charge >= 0.3 is 5.97 Å². The second-order valence-electron chi connectivity index (χ2n) is 5.11. The maximum atomic E-state index is 12.3. The molecule has 1 amide bonds. The van der Waals surface area contributed by atoms with E-state index in [1.165, 1.54) is 11.4 Å². The zero-order valence-electron chi connectivity index (χ0n) is 11.4. The molecule has 0 radical (unpaired) electrons. The first kappa shape index (κ1) is 15.2. The number of carboxylic acids is 1. The minimum atomic E-state index is -3.65. The summed E-state index contributed by atoms with van der Waals surface area (Å²) in [5, 5.41) is 8.61. The normalized spacial score (nSPS) is 24.2. The van der Waals surface area contributed by atoms with Crippen LogP contribution in [-0.4, -0.2) is 78.2 Å². The van der Waals surface area contributed by atoms with Crippen LogP contribution in [0.5, 0.6) is 0 Å². The van der Waals surface area contributed by atoms with Gasteiger partial charge in [0.1, 0.15) is 0 Å². The minimum absolute atomic E-state index is 0.0427. The average Bonchev–Trinajstić information content (AvgIpc) is 2.77. The van der Waals surface area contributed by atoms with E-state index in [4.69, 9.17) is 5.11 Å². The number of fused-ring (bicyclic) bond motifs is 1. The molecule has 0 bridgehead atoms. The number of piperazine rings is 1. The fourth-order valence-electron chi connectivity index (χ4n) is 2.61. The van der Waals surface area contributed by atoms with Gasteiger partial charge in [-0.25, -0.2) is 0 Å². The van der Waals surface area contributed by atoms with Crippen molar-refractivity contribution in [2.24, 2.45) is 0 Å². The van der Waals surface area contributed by atoms with Gasteiger partial charge < -0.3 is 10.0 Å². The molecular formula is C11H19N3O5S. The summed E-state index contributed by atoms with van der Waals surface area (Å²) in [5.41, 5.74) is 0. The van der Waals surface area contributed by atoms with Gasteiger partial charge in [0.05, 0.1) is 6.42 Å². The van der Waals surface area contributed by atoms with Gasteiger partial charge in [-0.15, -0.1) is 0 Å². The molecule has 1 unspecified atom stereocenters. The van der Waals surface area contributed by atoms with Crippen LogP contribution in [0.3, 0.4) is 0 Å². The van der Waals surface area contributed by atoms with Crippen molar-refractivity contribution in [3.8, 4) is 0 Å². The SMILES string of the molecule is CN(CCC(=O)O)S(=O)(=O)N1CCN2C(=O)CCC2C1. The zero-order chi connectivity index (χ0) is 14.9. The fourth-order valence-corrected chi connectivity index (χ4v) is 4.00. The molecule has 0 aromatic rings. The van der Waals surface area contributed by atoms with Crippen molar-refractivity contribution in [2.75, 3.05) is 33.2 Å². The Morgan fingerprint density at radius 3 is 2.80 bits per heavy atom. The van der Waals surface area contributed by atoms with Crippen LogP contribution in [-0.2, 0) is 19.8 Å². The molecule has 0 spiro atoms. The largest absolute Gasteiger partial charge is 0.481 e. The second kappa shape index (κ2) is 5.66. The number of aliphatic carboxylic acids is 1. The summed E-state index contributed by atoms with van der Waals surface area (Å²) in [6.07, 6.45) is 0.939. The summed E-state index contributed by atoms with van der Waals surface area (Å²) in [7, 11) is -2.27. The number of carbonyl (C=O) groups is 2. The first-order valence-corrected chi connectivity index (χ1v) is 7.94. The fraction of sp³-hybridized carbons (Fsp3) is 0.818. The molecule has 0 aromatic heterocycles. The number of hydrogen-bond acceptors (Lipinski definition) is 4. The number of carbonyl (C=O) groups excluding carboxylic acids is 1. The molecule has 1 atom stereocenters. The summed E-state index contributed by atoms with van der Waals surface area (Å²) in [4.78, 5) is 23.8. The lowest BCUT2D eigenvalue weighted by Crippen LogP contribution is -2.55. The molecule has 2 fully saturated rings. The van der Waals surface area contributed by atoms with Crippen LogP contribution in [0.2, 0.25) is 0 Å². The van der Waals surface area contributed by atoms with E-state index in [0.29, 0.717) is 25.9 Å². The third-order valence-electron chi connectivity index (χ3n) is 3.82. The van der Waals surface area contributed by atoms with E-state index >= 15 is 0 Å². The molecular weight excluding hydrogens is 286 g/mol. The highest BCUT2D eigenvalue weighted by Crippen LogP contribution is 2.24. The molecule has 2 heterocycles. The number of nitrogens with zero attached hydrogens (tertiary/aromatic N) is 3. The van der Waals surface area contributed by atoms with Gasteiger partial charge in [-0.3, -0.25) is 9.59 Å². The molecule has 2 rings (SSSR count). The van der Waals surface area contributed by atoms with Crippen LogP contribution >= 0.6 is 0 Å². The van der Waals surface area contributed by atoms with Crippen molar-refractivity contribution >= 4 is 22.1 Å². The Balaban J connectivity index is 2.00. The Kier molecular flexibility index (Phi) is 4.31. The van der Waals surface area contributed by atoms with Crippen molar-refractivity contribution in [1.82, 2.24) is 13.5 Å². The van der Waals surface area contributed by atoms with Crippen LogP contribution in [0.25, 0.3) is 0 Å². The lowest BCUT2D eigenvalue weighted by Gasteiger charge is -2.38. The molecule has 0 saturated carbocycles. The molecule has 8 nitrogen and oxygen atoms in total. The Bertz CT molecular complexity index is 506. The van der Waals surface area contributed by atoms with E-state index in [2.05, 4.69) is 0 Å². The Hall–Kier alpha value is -1.19. The van der Waals surface area contributed by atoms with Crippen LogP contribution in [0.15, 0.2) is 0 Å². The van der Waals surface area contributed by atoms with Gasteiger partial charge in [0.25, 0.3) is 10.2 Å². The van der Waals surface area contributed by atoms with Gasteiger partial charge in [-0.2, -0.15) is 17.0 Å². The van der Waals surface area contributed by atoms with Crippen LogP contribution < -0.4 is 0 Å². The van der Waals surface area contributed by atoms with Crippen molar-refractivity contribution in [1.29, 1.82) is 0 Å². The molecule has 2 aliphatic rings. The summed E-state index contributed by atoms with van der Waals surface area (Å²) < 4.78 is 27.1. The monoisotopic (exact) mass is 305 g/mol. The molecule has 114 valence electrons. The predicted molar refractivity (Wildman–Crippen MR) is 70.1 cm³/mol. The first-order chi connectivity index (χ1) is 9.32. The van der Waals surface area contributed by atoms with E-state index in [9.17, 15) is 18.0 Å². The number of rotatable bonds is 5. The number of amides is 1. The van der Waals surface area contributed by atoms with Gasteiger partial charge in [0.2, 0.25) is 5.91 Å². The molecule has 0 aliphatic carbocycles. The van der Waals surface area contributed by atoms with Crippen molar-refractivity contribution in [3.63, 3.8) is 0 Å². The highest BCUT2D eigenvalue weighted by Gasteiger charge is 2.40. The molecule has 1 N–H and O–H groups in total. The standard InChI is InChI=1S/C11H19N3O5S/c1-12(5-4-11(16)17)20(18,19)13-6-7-14-9(8-13)2-3-10(14)15/h9H,2-8H2,1H3,(H,16,17). The highest BCUT2D eigenvalue weighted by atomic mass is 32.2. The third-order valence-corrected chi connectivity index (χ3v) is 5.77. The third kappa shape index (κ3) is 2.94. The van der Waals surface area contributed by atoms with E-state index in [1.807, 2.05) is 0 Å². The molecule has 2 saturated heterocycles. The van der Waals surface area contributed by atoms with Gasteiger partial charge in [0, 0.05) is 45.7 Å². The van der Waals surface area contributed by atoms with E-state index in [0.717, 1.165) is 4.31 Å². The summed E-state index contributed by atoms with van der Waals surface area (Å²) in [5.74, 6) is -0.940. The maximum absolute atomic E-state index is 12.3. The summed E-state index contributed by atoms with van der Waals surface area (Å²) >= 11 is 0. The quantitative estimate of drug-likeness (QED) is 0.698. The predicted octanol–water partition coefficient (Wildman–Crippen LogP) is -1.06. The van der Waals surface area contributed by atoms with Crippen LogP contribution in [0.4, 0.5) is 0 Å². The smallest absolute Gasteiger partial charge is 0.304 e. The van der Waals surface area contributed by atoms with E-state index in [1.54, 1.807) is 4.90 Å². The number of carboxylic acid groups (broad SMARTS) is 1. The molecule has 2 aliphatic heterocycles. The summed E-state index contributed by atoms with van der Waals surface area (Å²) in [6, 6.07) is -0.0427. The lowest BCUT2D eigenvalue weighted by atomic mass is 10.2. The minimum Gasteiger partial charge on any atom is -0.481 e. The van der Waals surface area contributed by atoms with Crippen LogP contribution in [0.1, 0.15) is 19.3 Å². The topological polar surface area (TPSA) is 98.2 Å². The van der Waals surface area contributed by atoms with Gasteiger partial charge in [0.15, 0.2) is 0 Å². The summed E-state index contributed by atoms with van der Waals surface area (Å²) in [6.45, 7) is 0.921. The van der Waals surface area contributed by atoms with Gasteiger partial charge in [-0.1, -0.05) is 0 Å². The Morgan fingerprint density at radius 2 is 2.15 bits per heavy atom. The highest BCUT2D eigenvalue weighted by molar-refractivity contribution is 7.86. The second-order valence-corrected chi connectivity index (χ2v) is 7.15. The maximum Gasteiger partial charge on any atom is 0.304 e.